The molecule has 0 bridgehead atoms. The highest BCUT2D eigenvalue weighted by molar-refractivity contribution is 6.05. The predicted octanol–water partition coefficient (Wildman–Crippen LogP) is 2.47. The molecule has 1 aromatic heterocycles. The van der Waals surface area contributed by atoms with Crippen LogP contribution in [0.4, 0.5) is 10.1 Å². The van der Waals surface area contributed by atoms with Gasteiger partial charge in [-0.2, -0.15) is 0 Å². The van der Waals surface area contributed by atoms with Gasteiger partial charge in [0.1, 0.15) is 17.2 Å². The molecule has 1 heterocycles. The van der Waals surface area contributed by atoms with Crippen LogP contribution in [-0.4, -0.2) is 27.0 Å². The first kappa shape index (κ1) is 18.3. The number of amides is 1. The molecule has 0 spiro atoms. The Morgan fingerprint density at radius 2 is 1.92 bits per heavy atom. The Hall–Kier alpha value is -3.03. The zero-order valence-electron chi connectivity index (χ0n) is 14.2. The molecule has 25 heavy (non-hydrogen) atoms. The number of hydrogen-bond acceptors (Lipinski definition) is 4. The van der Waals surface area contributed by atoms with Crippen molar-refractivity contribution in [1.29, 1.82) is 0 Å². The minimum Gasteiger partial charge on any atom is -0.478 e. The number of rotatable bonds is 3. The number of aromatic amines is 1. The van der Waals surface area contributed by atoms with E-state index in [1.807, 2.05) is 20.8 Å². The van der Waals surface area contributed by atoms with Gasteiger partial charge in [-0.15, -0.1) is 0 Å². The molecule has 0 saturated heterocycles. The SMILES string of the molecule is Cc1nc(C(C)(C)C)[nH]c(=O)c1C(=O)Nc1cc(C(=O)O)ccc1F. The summed E-state index contributed by atoms with van der Waals surface area (Å²) in [6.07, 6.45) is 0. The summed E-state index contributed by atoms with van der Waals surface area (Å²) < 4.78 is 13.8. The van der Waals surface area contributed by atoms with Crippen LogP contribution in [-0.2, 0) is 5.41 Å². The van der Waals surface area contributed by atoms with Gasteiger partial charge in [-0.05, 0) is 25.1 Å². The van der Waals surface area contributed by atoms with Gasteiger partial charge in [0.05, 0.1) is 16.9 Å². The largest absolute Gasteiger partial charge is 0.478 e. The summed E-state index contributed by atoms with van der Waals surface area (Å²) in [7, 11) is 0. The van der Waals surface area contributed by atoms with Gasteiger partial charge in [0, 0.05) is 5.41 Å². The summed E-state index contributed by atoms with van der Waals surface area (Å²) >= 11 is 0. The van der Waals surface area contributed by atoms with E-state index in [2.05, 4.69) is 15.3 Å². The number of nitrogens with zero attached hydrogens (tertiary/aromatic N) is 1. The maximum absolute atomic E-state index is 13.8. The van der Waals surface area contributed by atoms with Crippen LogP contribution in [0.25, 0.3) is 0 Å². The van der Waals surface area contributed by atoms with E-state index in [0.29, 0.717) is 5.82 Å². The van der Waals surface area contributed by atoms with Crippen LogP contribution in [0.15, 0.2) is 23.0 Å². The van der Waals surface area contributed by atoms with E-state index in [1.54, 1.807) is 0 Å². The average Bonchev–Trinajstić information content (AvgIpc) is 2.47. The highest BCUT2D eigenvalue weighted by Gasteiger charge is 2.23. The third kappa shape index (κ3) is 3.90. The Bertz CT molecular complexity index is 913. The number of aromatic carboxylic acids is 1. The van der Waals surface area contributed by atoms with Crippen LogP contribution < -0.4 is 10.9 Å². The number of carboxylic acid groups (broad SMARTS) is 1. The lowest BCUT2D eigenvalue weighted by Gasteiger charge is -2.18. The lowest BCUT2D eigenvalue weighted by molar-refractivity contribution is 0.0696. The molecule has 0 aliphatic heterocycles. The minimum absolute atomic E-state index is 0.191. The molecule has 1 amide bonds. The summed E-state index contributed by atoms with van der Waals surface area (Å²) in [4.78, 5) is 42.4. The lowest BCUT2D eigenvalue weighted by Crippen LogP contribution is -2.30. The summed E-state index contributed by atoms with van der Waals surface area (Å²) in [6, 6.07) is 2.98. The van der Waals surface area contributed by atoms with Crippen molar-refractivity contribution in [2.24, 2.45) is 0 Å². The Balaban J connectivity index is 2.42. The van der Waals surface area contributed by atoms with E-state index >= 15 is 0 Å². The number of carboxylic acids is 1. The molecule has 2 rings (SSSR count). The zero-order chi connectivity index (χ0) is 18.9. The van der Waals surface area contributed by atoms with Crippen LogP contribution in [0.3, 0.4) is 0 Å². The molecule has 132 valence electrons. The Kier molecular flexibility index (Phi) is 4.73. The predicted molar refractivity (Wildman–Crippen MR) is 89.6 cm³/mol. The molecule has 1 aromatic carbocycles. The molecule has 3 N–H and O–H groups in total. The fraction of sp³-hybridized carbons (Fsp3) is 0.294. The Morgan fingerprint density at radius 3 is 2.44 bits per heavy atom. The van der Waals surface area contributed by atoms with Gasteiger partial charge in [0.15, 0.2) is 0 Å². The number of carbonyl (C=O) groups is 2. The van der Waals surface area contributed by atoms with Gasteiger partial charge >= 0.3 is 5.97 Å². The van der Waals surface area contributed by atoms with E-state index in [-0.39, 0.29) is 22.5 Å². The van der Waals surface area contributed by atoms with Crippen molar-refractivity contribution in [1.82, 2.24) is 9.97 Å². The van der Waals surface area contributed by atoms with Crippen molar-refractivity contribution in [3.63, 3.8) is 0 Å². The van der Waals surface area contributed by atoms with Crippen LogP contribution in [0.5, 0.6) is 0 Å². The first-order chi connectivity index (χ1) is 11.5. The molecule has 0 unspecified atom stereocenters. The van der Waals surface area contributed by atoms with E-state index in [9.17, 15) is 18.8 Å². The van der Waals surface area contributed by atoms with Crippen molar-refractivity contribution >= 4 is 17.6 Å². The van der Waals surface area contributed by atoms with Gasteiger partial charge < -0.3 is 15.4 Å². The highest BCUT2D eigenvalue weighted by Crippen LogP contribution is 2.19. The number of aromatic nitrogens is 2. The van der Waals surface area contributed by atoms with E-state index in [4.69, 9.17) is 5.11 Å². The molecule has 0 aliphatic carbocycles. The molecule has 0 atom stereocenters. The minimum atomic E-state index is -1.26. The first-order valence-electron chi connectivity index (χ1n) is 7.46. The maximum atomic E-state index is 13.8. The zero-order valence-corrected chi connectivity index (χ0v) is 14.2. The van der Waals surface area contributed by atoms with Crippen molar-refractivity contribution < 1.29 is 19.1 Å². The number of H-pyrrole nitrogens is 1. The summed E-state index contributed by atoms with van der Waals surface area (Å²) in [5.41, 5.74) is -1.65. The molecule has 2 aromatic rings. The number of halogens is 1. The monoisotopic (exact) mass is 347 g/mol. The first-order valence-corrected chi connectivity index (χ1v) is 7.46. The highest BCUT2D eigenvalue weighted by atomic mass is 19.1. The number of carbonyl (C=O) groups excluding carboxylic acids is 1. The summed E-state index contributed by atoms with van der Waals surface area (Å²) in [5, 5.41) is 11.2. The second kappa shape index (κ2) is 6.46. The van der Waals surface area contributed by atoms with Gasteiger partial charge in [0.2, 0.25) is 0 Å². The van der Waals surface area contributed by atoms with Crippen LogP contribution in [0.1, 0.15) is 53.0 Å². The molecule has 0 aliphatic rings. The van der Waals surface area contributed by atoms with Crippen LogP contribution >= 0.6 is 0 Å². The molecule has 7 nitrogen and oxygen atoms in total. The molecular weight excluding hydrogens is 329 g/mol. The third-order valence-electron chi connectivity index (χ3n) is 3.50. The van der Waals surface area contributed by atoms with E-state index in [1.165, 1.54) is 6.92 Å². The number of benzene rings is 1. The van der Waals surface area contributed by atoms with E-state index in [0.717, 1.165) is 18.2 Å². The summed E-state index contributed by atoms with van der Waals surface area (Å²) in [6.45, 7) is 7.08. The topological polar surface area (TPSA) is 112 Å². The normalized spacial score (nSPS) is 11.2. The van der Waals surface area contributed by atoms with Gasteiger partial charge in [-0.25, -0.2) is 14.2 Å². The maximum Gasteiger partial charge on any atom is 0.335 e. The third-order valence-corrected chi connectivity index (χ3v) is 3.50. The van der Waals surface area contributed by atoms with Crippen LogP contribution in [0.2, 0.25) is 0 Å². The second-order valence-electron chi connectivity index (χ2n) is 6.58. The Labute approximate surface area is 142 Å². The van der Waals surface area contributed by atoms with Crippen molar-refractivity contribution in [2.45, 2.75) is 33.1 Å². The molecule has 0 fully saturated rings. The van der Waals surface area contributed by atoms with Crippen molar-refractivity contribution in [3.05, 3.63) is 57.0 Å². The van der Waals surface area contributed by atoms with Gasteiger partial charge in [-0.3, -0.25) is 9.59 Å². The molecule has 0 radical (unpaired) electrons. The van der Waals surface area contributed by atoms with Crippen molar-refractivity contribution in [3.8, 4) is 0 Å². The smallest absolute Gasteiger partial charge is 0.335 e. The fourth-order valence-electron chi connectivity index (χ4n) is 2.15. The molecule has 8 heteroatoms. The average molecular weight is 347 g/mol. The van der Waals surface area contributed by atoms with E-state index < -0.39 is 28.7 Å². The fourth-order valence-corrected chi connectivity index (χ4v) is 2.15. The molecule has 0 saturated carbocycles. The van der Waals surface area contributed by atoms with Gasteiger partial charge in [0.25, 0.3) is 11.5 Å². The number of hydrogen-bond donors (Lipinski definition) is 3. The number of anilines is 1. The molecular formula is C17H18FN3O4. The van der Waals surface area contributed by atoms with Crippen LogP contribution in [0, 0.1) is 12.7 Å². The second-order valence-corrected chi connectivity index (χ2v) is 6.58. The number of nitrogens with one attached hydrogen (secondary N) is 2. The Morgan fingerprint density at radius 1 is 1.28 bits per heavy atom. The standard InChI is InChI=1S/C17H18FN3O4/c1-8-12(14(23)21-16(19-8)17(2,3)4)13(22)20-11-7-9(15(24)25)5-6-10(11)18/h5-7H,1-4H3,(H,20,22)(H,24,25)(H,19,21,23). The quantitative estimate of drug-likeness (QED) is 0.789. The van der Waals surface area contributed by atoms with Crippen molar-refractivity contribution in [2.75, 3.05) is 5.32 Å². The number of aryl methyl sites for hydroxylation is 1. The summed E-state index contributed by atoms with van der Waals surface area (Å²) in [5.74, 6) is -2.52. The lowest BCUT2D eigenvalue weighted by atomic mass is 9.95. The van der Waals surface area contributed by atoms with Gasteiger partial charge in [-0.1, -0.05) is 20.8 Å².